The lowest BCUT2D eigenvalue weighted by molar-refractivity contribution is 0.0594. The lowest BCUT2D eigenvalue weighted by Gasteiger charge is -2.22. The smallest absolute Gasteiger partial charge is 0.358 e. The van der Waals surface area contributed by atoms with E-state index in [-0.39, 0.29) is 0 Å². The molecular formula is C18H22N4O2. The SMILES string of the molecule is COC(=O)c1cn(Cc2cc(C)c(N3CC4CC4C3)nc2C)cn1. The molecule has 4 rings (SSSR count). The number of aryl methyl sites for hydroxylation is 2. The van der Waals surface area contributed by atoms with Crippen LogP contribution in [-0.2, 0) is 11.3 Å². The number of ether oxygens (including phenoxy) is 1. The Morgan fingerprint density at radius 3 is 2.79 bits per heavy atom. The van der Waals surface area contributed by atoms with Gasteiger partial charge in [-0.25, -0.2) is 14.8 Å². The van der Waals surface area contributed by atoms with Crippen LogP contribution in [0.1, 0.15) is 33.7 Å². The van der Waals surface area contributed by atoms with Gasteiger partial charge < -0.3 is 14.2 Å². The van der Waals surface area contributed by atoms with Gasteiger partial charge in [-0.1, -0.05) is 0 Å². The number of imidazole rings is 1. The molecule has 0 aromatic carbocycles. The highest BCUT2D eigenvalue weighted by Crippen LogP contribution is 2.46. The maximum Gasteiger partial charge on any atom is 0.358 e. The molecule has 2 unspecified atom stereocenters. The third-order valence-corrected chi connectivity index (χ3v) is 5.14. The van der Waals surface area contributed by atoms with E-state index < -0.39 is 5.97 Å². The molecule has 2 aromatic heterocycles. The van der Waals surface area contributed by atoms with Crippen LogP contribution < -0.4 is 4.90 Å². The van der Waals surface area contributed by atoms with Crippen LogP contribution in [0, 0.1) is 25.7 Å². The number of carbonyl (C=O) groups excluding carboxylic acids is 1. The third kappa shape index (κ3) is 2.66. The molecule has 24 heavy (non-hydrogen) atoms. The maximum absolute atomic E-state index is 11.5. The first kappa shape index (κ1) is 15.2. The molecule has 0 bridgehead atoms. The number of anilines is 1. The van der Waals surface area contributed by atoms with Crippen molar-refractivity contribution in [2.24, 2.45) is 11.8 Å². The number of esters is 1. The van der Waals surface area contributed by atoms with Gasteiger partial charge in [-0.3, -0.25) is 0 Å². The highest BCUT2D eigenvalue weighted by Gasteiger charge is 2.45. The number of piperidine rings is 1. The summed E-state index contributed by atoms with van der Waals surface area (Å²) in [5.41, 5.74) is 3.72. The quantitative estimate of drug-likeness (QED) is 0.806. The third-order valence-electron chi connectivity index (χ3n) is 5.14. The maximum atomic E-state index is 11.5. The molecule has 1 saturated heterocycles. The largest absolute Gasteiger partial charge is 0.464 e. The molecule has 2 aliphatic rings. The second-order valence-corrected chi connectivity index (χ2v) is 6.96. The van der Waals surface area contributed by atoms with E-state index in [1.807, 2.05) is 11.5 Å². The van der Waals surface area contributed by atoms with Crippen LogP contribution >= 0.6 is 0 Å². The average molecular weight is 326 g/mol. The molecule has 3 heterocycles. The molecule has 2 aromatic rings. The highest BCUT2D eigenvalue weighted by molar-refractivity contribution is 5.86. The predicted molar refractivity (Wildman–Crippen MR) is 90.2 cm³/mol. The molecule has 0 spiro atoms. The van der Waals surface area contributed by atoms with Gasteiger partial charge in [0, 0.05) is 25.0 Å². The molecule has 6 nitrogen and oxygen atoms in total. The van der Waals surface area contributed by atoms with Crippen molar-refractivity contribution in [3.05, 3.63) is 41.1 Å². The van der Waals surface area contributed by atoms with E-state index in [0.717, 1.165) is 42.0 Å². The Bertz CT molecular complexity index is 788. The van der Waals surface area contributed by atoms with Crippen molar-refractivity contribution in [1.29, 1.82) is 0 Å². The van der Waals surface area contributed by atoms with Gasteiger partial charge in [0.2, 0.25) is 0 Å². The van der Waals surface area contributed by atoms with Crippen LogP contribution in [-0.4, -0.2) is 40.7 Å². The standard InChI is InChI=1S/C18H22N4O2/c1-11-4-13(6-21-9-16(19-10-21)18(23)24-3)12(2)20-17(11)22-7-14-5-15(14)8-22/h4,9-10,14-15H,5-8H2,1-3H3. The van der Waals surface area contributed by atoms with Gasteiger partial charge in [0.1, 0.15) is 5.82 Å². The Kier molecular flexibility index (Phi) is 3.55. The molecule has 6 heteroatoms. The Labute approximate surface area is 141 Å². The molecule has 2 atom stereocenters. The fourth-order valence-electron chi connectivity index (χ4n) is 3.65. The average Bonchev–Trinajstić information content (AvgIpc) is 2.98. The summed E-state index contributed by atoms with van der Waals surface area (Å²) < 4.78 is 6.58. The Morgan fingerprint density at radius 1 is 1.33 bits per heavy atom. The van der Waals surface area contributed by atoms with Crippen molar-refractivity contribution in [2.45, 2.75) is 26.8 Å². The van der Waals surface area contributed by atoms with Crippen LogP contribution in [0.3, 0.4) is 0 Å². The Hall–Kier alpha value is -2.37. The fraction of sp³-hybridized carbons (Fsp3) is 0.500. The summed E-state index contributed by atoms with van der Waals surface area (Å²) >= 11 is 0. The lowest BCUT2D eigenvalue weighted by Crippen LogP contribution is -2.24. The van der Waals surface area contributed by atoms with Gasteiger partial charge >= 0.3 is 5.97 Å². The number of aromatic nitrogens is 3. The summed E-state index contributed by atoms with van der Waals surface area (Å²) in [6.07, 6.45) is 4.77. The summed E-state index contributed by atoms with van der Waals surface area (Å²) in [5, 5.41) is 0. The van der Waals surface area contributed by atoms with Gasteiger partial charge in [-0.15, -0.1) is 0 Å². The van der Waals surface area contributed by atoms with Crippen molar-refractivity contribution < 1.29 is 9.53 Å². The minimum Gasteiger partial charge on any atom is -0.464 e. The van der Waals surface area contributed by atoms with Gasteiger partial charge in [-0.05, 0) is 49.3 Å². The number of nitrogens with zero attached hydrogens (tertiary/aromatic N) is 4. The minimum atomic E-state index is -0.414. The second kappa shape index (κ2) is 5.61. The first-order valence-corrected chi connectivity index (χ1v) is 8.37. The van der Waals surface area contributed by atoms with E-state index in [1.54, 1.807) is 12.5 Å². The van der Waals surface area contributed by atoms with Crippen LogP contribution in [0.4, 0.5) is 5.82 Å². The zero-order valence-corrected chi connectivity index (χ0v) is 14.3. The van der Waals surface area contributed by atoms with Crippen LogP contribution in [0.5, 0.6) is 0 Å². The number of hydrogen-bond acceptors (Lipinski definition) is 5. The van der Waals surface area contributed by atoms with E-state index in [1.165, 1.54) is 19.1 Å². The molecule has 1 aliphatic carbocycles. The molecule has 1 saturated carbocycles. The molecular weight excluding hydrogens is 304 g/mol. The molecule has 126 valence electrons. The molecule has 0 radical (unpaired) electrons. The zero-order valence-electron chi connectivity index (χ0n) is 14.3. The number of pyridine rings is 1. The lowest BCUT2D eigenvalue weighted by atomic mass is 10.1. The summed E-state index contributed by atoms with van der Waals surface area (Å²) in [7, 11) is 1.36. The number of fused-ring (bicyclic) bond motifs is 1. The Morgan fingerprint density at radius 2 is 2.08 bits per heavy atom. The van der Waals surface area contributed by atoms with E-state index in [0.29, 0.717) is 12.2 Å². The van der Waals surface area contributed by atoms with Crippen LogP contribution in [0.15, 0.2) is 18.6 Å². The van der Waals surface area contributed by atoms with E-state index >= 15 is 0 Å². The first-order valence-electron chi connectivity index (χ1n) is 8.37. The Balaban J connectivity index is 1.54. The van der Waals surface area contributed by atoms with Gasteiger partial charge in [0.25, 0.3) is 0 Å². The van der Waals surface area contributed by atoms with Crippen molar-refractivity contribution in [2.75, 3.05) is 25.1 Å². The van der Waals surface area contributed by atoms with Crippen LogP contribution in [0.25, 0.3) is 0 Å². The van der Waals surface area contributed by atoms with Crippen molar-refractivity contribution in [1.82, 2.24) is 14.5 Å². The zero-order chi connectivity index (χ0) is 16.8. The normalized spacial score (nSPS) is 21.7. The first-order chi connectivity index (χ1) is 11.5. The van der Waals surface area contributed by atoms with E-state index in [4.69, 9.17) is 9.72 Å². The van der Waals surface area contributed by atoms with Crippen LogP contribution in [0.2, 0.25) is 0 Å². The summed E-state index contributed by atoms with van der Waals surface area (Å²) in [6, 6.07) is 2.21. The predicted octanol–water partition coefficient (Wildman–Crippen LogP) is 2.19. The van der Waals surface area contributed by atoms with Crippen molar-refractivity contribution in [3.8, 4) is 0 Å². The van der Waals surface area contributed by atoms with E-state index in [9.17, 15) is 4.79 Å². The summed E-state index contributed by atoms with van der Waals surface area (Å²) in [6.45, 7) is 7.13. The van der Waals surface area contributed by atoms with Gasteiger partial charge in [0.05, 0.1) is 20.0 Å². The monoisotopic (exact) mass is 326 g/mol. The second-order valence-electron chi connectivity index (χ2n) is 6.96. The highest BCUT2D eigenvalue weighted by atomic mass is 16.5. The number of rotatable bonds is 4. The molecule has 0 N–H and O–H groups in total. The molecule has 2 fully saturated rings. The van der Waals surface area contributed by atoms with Gasteiger partial charge in [0.15, 0.2) is 5.69 Å². The van der Waals surface area contributed by atoms with E-state index in [2.05, 4.69) is 22.9 Å². The number of carbonyl (C=O) groups is 1. The van der Waals surface area contributed by atoms with Crippen molar-refractivity contribution >= 4 is 11.8 Å². The fourth-order valence-corrected chi connectivity index (χ4v) is 3.65. The molecule has 0 amide bonds. The summed E-state index contributed by atoms with van der Waals surface area (Å²) in [4.78, 5) is 22.9. The summed E-state index contributed by atoms with van der Waals surface area (Å²) in [5.74, 6) is 2.51. The van der Waals surface area contributed by atoms with Crippen molar-refractivity contribution in [3.63, 3.8) is 0 Å². The minimum absolute atomic E-state index is 0.327. The van der Waals surface area contributed by atoms with Gasteiger partial charge in [-0.2, -0.15) is 0 Å². The number of methoxy groups -OCH3 is 1. The topological polar surface area (TPSA) is 60.2 Å². The number of hydrogen-bond donors (Lipinski definition) is 0. The molecule has 1 aliphatic heterocycles.